The Hall–Kier alpha value is -0.263. The molecule has 0 amide bonds. The molecule has 0 aliphatic rings. The van der Waals surface area contributed by atoms with Gasteiger partial charge in [-0.25, -0.2) is 0 Å². The second-order valence-corrected chi connectivity index (χ2v) is 8.36. The van der Waals surface area contributed by atoms with Crippen LogP contribution in [0.25, 0.3) is 0 Å². The van der Waals surface area contributed by atoms with Gasteiger partial charge < -0.3 is 0 Å². The van der Waals surface area contributed by atoms with E-state index in [2.05, 4.69) is 38.9 Å². The van der Waals surface area contributed by atoms with E-state index >= 15 is 0 Å². The Morgan fingerprint density at radius 3 is 1.89 bits per heavy atom. The predicted molar refractivity (Wildman–Crippen MR) is 46.3 cm³/mol. The minimum absolute atomic E-state index is 1.04. The van der Waals surface area contributed by atoms with Crippen LogP contribution in [0.4, 0.5) is 0 Å². The van der Waals surface area contributed by atoms with Crippen LogP contribution in [0.3, 0.4) is 0 Å². The summed E-state index contributed by atoms with van der Waals surface area (Å²) in [6.45, 7) is 12.8. The van der Waals surface area contributed by atoms with Crippen LogP contribution in [0.5, 0.6) is 0 Å². The maximum absolute atomic E-state index is 3.67. The van der Waals surface area contributed by atoms with Crippen LogP contribution < -0.4 is 0 Å². The van der Waals surface area contributed by atoms with Gasteiger partial charge in [0.2, 0.25) is 0 Å². The van der Waals surface area contributed by atoms with Crippen molar-refractivity contribution in [3.05, 3.63) is 17.5 Å². The van der Waals surface area contributed by atoms with Crippen molar-refractivity contribution in [3.63, 3.8) is 0 Å². The largest absolute Gasteiger partial charge is 0.134 e. The maximum Gasteiger partial charge on any atom is 0.0822 e. The Labute approximate surface area is 59.3 Å². The van der Waals surface area contributed by atoms with Gasteiger partial charge in [0, 0.05) is 0 Å². The van der Waals surface area contributed by atoms with Crippen LogP contribution in [0.2, 0.25) is 19.6 Å². The molecule has 0 radical (unpaired) electrons. The van der Waals surface area contributed by atoms with Gasteiger partial charge in [0.05, 0.1) is 8.07 Å². The molecule has 0 aromatic rings. The zero-order valence-corrected chi connectivity index (χ0v) is 7.91. The Morgan fingerprint density at radius 1 is 1.44 bits per heavy atom. The third-order valence-electron chi connectivity index (χ3n) is 1.47. The van der Waals surface area contributed by atoms with Gasteiger partial charge in [-0.05, 0) is 11.6 Å². The Balaban J connectivity index is 4.33. The molecule has 0 saturated carbocycles. The third-order valence-corrected chi connectivity index (χ3v) is 3.81. The molecule has 0 atom stereocenters. The van der Waals surface area contributed by atoms with Crippen molar-refractivity contribution in [3.8, 4) is 0 Å². The van der Waals surface area contributed by atoms with Gasteiger partial charge in [0.1, 0.15) is 0 Å². The molecule has 0 bridgehead atoms. The molecule has 0 aromatic heterocycles. The van der Waals surface area contributed by atoms with Crippen molar-refractivity contribution >= 4 is 8.07 Å². The molecular weight excluding hydrogens is 124 g/mol. The second-order valence-electron chi connectivity index (χ2n) is 3.26. The fourth-order valence-corrected chi connectivity index (χ4v) is 2.51. The van der Waals surface area contributed by atoms with Crippen molar-refractivity contribution in [2.24, 2.45) is 0 Å². The van der Waals surface area contributed by atoms with E-state index in [1.165, 1.54) is 5.20 Å². The average Bonchev–Trinajstić information content (AvgIpc) is 1.65. The standard InChI is InChI=1S/C8H16Si/c1-6-8(7-2)9(3,4)5/h1,7H2,2-5H3. The van der Waals surface area contributed by atoms with E-state index in [1.807, 2.05) is 0 Å². The zero-order chi connectivity index (χ0) is 7.49. The molecule has 0 spiro atoms. The lowest BCUT2D eigenvalue weighted by Crippen LogP contribution is -2.22. The molecule has 0 unspecified atom stereocenters. The predicted octanol–water partition coefficient (Wildman–Crippen LogP) is 2.99. The highest BCUT2D eigenvalue weighted by Gasteiger charge is 2.16. The number of hydrogen-bond donors (Lipinski definition) is 0. The van der Waals surface area contributed by atoms with E-state index in [-0.39, 0.29) is 0 Å². The van der Waals surface area contributed by atoms with Gasteiger partial charge in [-0.15, -0.1) is 5.73 Å². The van der Waals surface area contributed by atoms with Crippen LogP contribution in [-0.2, 0) is 0 Å². The summed E-state index contributed by atoms with van der Waals surface area (Å²) in [6, 6.07) is 0. The summed E-state index contributed by atoms with van der Waals surface area (Å²) in [7, 11) is -1.04. The van der Waals surface area contributed by atoms with Crippen molar-refractivity contribution in [1.82, 2.24) is 0 Å². The van der Waals surface area contributed by atoms with E-state index in [9.17, 15) is 0 Å². The first-order valence-corrected chi connectivity index (χ1v) is 6.91. The highest BCUT2D eigenvalue weighted by molar-refractivity contribution is 6.83. The quantitative estimate of drug-likeness (QED) is 0.408. The van der Waals surface area contributed by atoms with Gasteiger partial charge >= 0.3 is 0 Å². The SMILES string of the molecule is C=C=C(CC)[Si](C)(C)C. The first kappa shape index (κ1) is 8.74. The van der Waals surface area contributed by atoms with Crippen molar-refractivity contribution in [2.75, 3.05) is 0 Å². The smallest absolute Gasteiger partial charge is 0.0822 e. The topological polar surface area (TPSA) is 0 Å². The Kier molecular flexibility index (Phi) is 2.96. The average molecular weight is 140 g/mol. The van der Waals surface area contributed by atoms with E-state index in [0.717, 1.165) is 6.42 Å². The van der Waals surface area contributed by atoms with Crippen LogP contribution in [0.15, 0.2) is 17.5 Å². The normalized spacial score (nSPS) is 10.7. The van der Waals surface area contributed by atoms with Gasteiger partial charge in [-0.2, -0.15) is 0 Å². The zero-order valence-electron chi connectivity index (χ0n) is 6.91. The molecule has 0 nitrogen and oxygen atoms in total. The molecular formula is C8H16Si. The molecule has 0 aliphatic heterocycles. The highest BCUT2D eigenvalue weighted by atomic mass is 28.3. The van der Waals surface area contributed by atoms with E-state index in [0.29, 0.717) is 0 Å². The van der Waals surface area contributed by atoms with Crippen LogP contribution in [-0.4, -0.2) is 8.07 Å². The lowest BCUT2D eigenvalue weighted by atomic mass is 10.5. The first-order chi connectivity index (χ1) is 4.02. The molecule has 0 N–H and O–H groups in total. The molecule has 0 saturated heterocycles. The molecule has 52 valence electrons. The lowest BCUT2D eigenvalue weighted by molar-refractivity contribution is 1.17. The van der Waals surface area contributed by atoms with Crippen molar-refractivity contribution < 1.29 is 0 Å². The summed E-state index contributed by atoms with van der Waals surface area (Å²) in [5, 5.41) is 1.45. The minimum Gasteiger partial charge on any atom is -0.134 e. The first-order valence-electron chi connectivity index (χ1n) is 3.41. The second kappa shape index (κ2) is 3.05. The van der Waals surface area contributed by atoms with E-state index in [4.69, 9.17) is 0 Å². The molecule has 0 aromatic carbocycles. The fourth-order valence-electron chi connectivity index (χ4n) is 0.920. The lowest BCUT2D eigenvalue weighted by Gasteiger charge is -2.16. The van der Waals surface area contributed by atoms with Crippen LogP contribution in [0.1, 0.15) is 13.3 Å². The minimum atomic E-state index is -1.04. The summed E-state index contributed by atoms with van der Waals surface area (Å²) in [6.07, 6.45) is 1.12. The summed E-state index contributed by atoms with van der Waals surface area (Å²) >= 11 is 0. The summed E-state index contributed by atoms with van der Waals surface area (Å²) in [4.78, 5) is 0. The third kappa shape index (κ3) is 2.69. The Bertz CT molecular complexity index is 133. The van der Waals surface area contributed by atoms with E-state index in [1.54, 1.807) is 0 Å². The van der Waals surface area contributed by atoms with Crippen molar-refractivity contribution in [1.29, 1.82) is 0 Å². The van der Waals surface area contributed by atoms with Gasteiger partial charge in [-0.1, -0.05) is 33.1 Å². The van der Waals surface area contributed by atoms with Crippen LogP contribution >= 0.6 is 0 Å². The summed E-state index contributed by atoms with van der Waals surface area (Å²) < 4.78 is 0. The molecule has 0 rings (SSSR count). The van der Waals surface area contributed by atoms with Gasteiger partial charge in [0.25, 0.3) is 0 Å². The molecule has 9 heavy (non-hydrogen) atoms. The monoisotopic (exact) mass is 140 g/mol. The van der Waals surface area contributed by atoms with Crippen LogP contribution in [0, 0.1) is 0 Å². The highest BCUT2D eigenvalue weighted by Crippen LogP contribution is 2.15. The van der Waals surface area contributed by atoms with Crippen molar-refractivity contribution in [2.45, 2.75) is 33.0 Å². The fraction of sp³-hybridized carbons (Fsp3) is 0.625. The van der Waals surface area contributed by atoms with Gasteiger partial charge in [-0.3, -0.25) is 0 Å². The summed E-state index contributed by atoms with van der Waals surface area (Å²) in [5.74, 6) is 0. The maximum atomic E-state index is 3.67. The van der Waals surface area contributed by atoms with Gasteiger partial charge in [0.15, 0.2) is 0 Å². The summed E-state index contributed by atoms with van der Waals surface area (Å²) in [5.41, 5.74) is 3.02. The Morgan fingerprint density at radius 2 is 1.89 bits per heavy atom. The van der Waals surface area contributed by atoms with E-state index < -0.39 is 8.07 Å². The molecule has 0 fully saturated rings. The number of hydrogen-bond acceptors (Lipinski definition) is 0. The number of allylic oxidation sites excluding steroid dienone is 1. The molecule has 0 aliphatic carbocycles. The molecule has 0 heterocycles. The molecule has 1 heteroatoms. The number of rotatable bonds is 2.